The van der Waals surface area contributed by atoms with Crippen molar-refractivity contribution in [2.45, 2.75) is 32.2 Å². The third-order valence-corrected chi connectivity index (χ3v) is 5.65. The van der Waals surface area contributed by atoms with E-state index in [1.165, 1.54) is 19.2 Å². The average molecular weight is 507 g/mol. The fourth-order valence-electron chi connectivity index (χ4n) is 3.69. The molecule has 3 aromatic rings. The Hall–Kier alpha value is -4.27. The number of carbonyl (C=O) groups is 3. The molecular weight excluding hydrogens is 475 g/mol. The van der Waals surface area contributed by atoms with Crippen molar-refractivity contribution in [3.8, 4) is 11.1 Å². The molecular formula is C28H31FN4O4. The number of hydrogen-bond acceptors (Lipinski definition) is 6. The predicted octanol–water partition coefficient (Wildman–Crippen LogP) is 3.93. The lowest BCUT2D eigenvalue weighted by Gasteiger charge is -2.19. The van der Waals surface area contributed by atoms with Gasteiger partial charge in [-0.05, 0) is 65.9 Å². The summed E-state index contributed by atoms with van der Waals surface area (Å²) in [4.78, 5) is 41.0. The number of esters is 1. The molecule has 2 aromatic carbocycles. The lowest BCUT2D eigenvalue weighted by atomic mass is 9.97. The summed E-state index contributed by atoms with van der Waals surface area (Å²) >= 11 is 0. The molecule has 3 N–H and O–H groups in total. The van der Waals surface area contributed by atoms with E-state index in [0.717, 1.165) is 22.5 Å². The van der Waals surface area contributed by atoms with Gasteiger partial charge in [0.15, 0.2) is 0 Å². The summed E-state index contributed by atoms with van der Waals surface area (Å²) in [5.74, 6) is -0.761. The van der Waals surface area contributed by atoms with Crippen LogP contribution in [0.2, 0.25) is 0 Å². The number of rotatable bonds is 12. The van der Waals surface area contributed by atoms with E-state index in [1.54, 1.807) is 30.5 Å². The maximum Gasteiger partial charge on any atom is 0.307 e. The zero-order valence-electron chi connectivity index (χ0n) is 20.9. The van der Waals surface area contributed by atoms with Crippen molar-refractivity contribution in [3.63, 3.8) is 0 Å². The second kappa shape index (κ2) is 13.7. The van der Waals surface area contributed by atoms with Crippen molar-refractivity contribution >= 4 is 23.6 Å². The van der Waals surface area contributed by atoms with Gasteiger partial charge in [0, 0.05) is 19.2 Å². The zero-order valence-corrected chi connectivity index (χ0v) is 20.9. The van der Waals surface area contributed by atoms with Gasteiger partial charge in [0.25, 0.3) is 0 Å². The molecule has 1 aromatic heterocycles. The van der Waals surface area contributed by atoms with Gasteiger partial charge in [0.2, 0.25) is 11.8 Å². The van der Waals surface area contributed by atoms with Crippen molar-refractivity contribution in [1.82, 2.24) is 15.6 Å². The minimum atomic E-state index is -0.664. The Kier molecular flexibility index (Phi) is 10.1. The molecule has 0 spiro atoms. The summed E-state index contributed by atoms with van der Waals surface area (Å²) in [5.41, 5.74) is 3.38. The average Bonchev–Trinajstić information content (AvgIpc) is 2.90. The Morgan fingerprint density at radius 1 is 1.00 bits per heavy atom. The largest absolute Gasteiger partial charge is 0.469 e. The third-order valence-electron chi connectivity index (χ3n) is 5.65. The summed E-state index contributed by atoms with van der Waals surface area (Å²) < 4.78 is 18.1. The summed E-state index contributed by atoms with van der Waals surface area (Å²) in [5, 5.41) is 8.57. The molecule has 37 heavy (non-hydrogen) atoms. The lowest BCUT2D eigenvalue weighted by Crippen LogP contribution is -2.39. The number of halogens is 1. The summed E-state index contributed by atoms with van der Waals surface area (Å²) in [6.45, 7) is 2.33. The number of ether oxygens (including phenoxy) is 1. The molecule has 0 fully saturated rings. The highest BCUT2D eigenvalue weighted by Crippen LogP contribution is 2.25. The number of nitrogens with zero attached hydrogens (tertiary/aromatic N) is 1. The van der Waals surface area contributed by atoms with Gasteiger partial charge in [0.1, 0.15) is 11.6 Å². The van der Waals surface area contributed by atoms with Crippen molar-refractivity contribution in [3.05, 3.63) is 83.8 Å². The van der Waals surface area contributed by atoms with Crippen LogP contribution in [0, 0.1) is 12.7 Å². The normalized spacial score (nSPS) is 11.3. The third kappa shape index (κ3) is 9.03. The van der Waals surface area contributed by atoms with E-state index in [1.807, 2.05) is 31.2 Å². The number of hydrogen-bond donors (Lipinski definition) is 3. The van der Waals surface area contributed by atoms with E-state index in [2.05, 4.69) is 20.9 Å². The highest BCUT2D eigenvalue weighted by Gasteiger charge is 2.20. The van der Waals surface area contributed by atoms with Gasteiger partial charge >= 0.3 is 5.97 Å². The van der Waals surface area contributed by atoms with E-state index in [9.17, 15) is 18.8 Å². The number of anilines is 1. The van der Waals surface area contributed by atoms with E-state index < -0.39 is 17.9 Å². The second-order valence-electron chi connectivity index (χ2n) is 8.56. The van der Waals surface area contributed by atoms with Gasteiger partial charge < -0.3 is 20.7 Å². The van der Waals surface area contributed by atoms with Gasteiger partial charge in [-0.1, -0.05) is 30.3 Å². The number of aryl methyl sites for hydroxylation is 1. The molecule has 2 amide bonds. The molecule has 0 aliphatic carbocycles. The molecule has 3 rings (SSSR count). The van der Waals surface area contributed by atoms with Crippen molar-refractivity contribution in [1.29, 1.82) is 0 Å². The minimum absolute atomic E-state index is 0.0816. The Bertz CT molecular complexity index is 1220. The van der Waals surface area contributed by atoms with Crippen LogP contribution in [0.5, 0.6) is 0 Å². The van der Waals surface area contributed by atoms with E-state index >= 15 is 0 Å². The standard InChI is InChI=1S/C28H31FN4O4/c1-19-12-14-31-25(15-19)30-13-4-7-26(34)32-18-27(35)33-24(17-28(36)37-2)22-6-3-5-21(16-22)20-8-10-23(29)11-9-20/h3,5-6,8-12,14-16,24H,4,7,13,17-18H2,1-2H3,(H,30,31)(H,32,34)(H,33,35). The SMILES string of the molecule is COC(=O)CC(NC(=O)CNC(=O)CCCNc1cc(C)ccn1)c1cccc(-c2ccc(F)cc2)c1. The Balaban J connectivity index is 1.53. The van der Waals surface area contributed by atoms with Crippen LogP contribution in [-0.4, -0.2) is 43.0 Å². The van der Waals surface area contributed by atoms with Crippen LogP contribution in [0.25, 0.3) is 11.1 Å². The summed E-state index contributed by atoms with van der Waals surface area (Å²) in [6, 6.07) is 16.5. The Morgan fingerprint density at radius 2 is 1.78 bits per heavy atom. The monoisotopic (exact) mass is 506 g/mol. The van der Waals surface area contributed by atoms with Gasteiger partial charge in [-0.2, -0.15) is 0 Å². The smallest absolute Gasteiger partial charge is 0.307 e. The highest BCUT2D eigenvalue weighted by atomic mass is 19.1. The topological polar surface area (TPSA) is 109 Å². The van der Waals surface area contributed by atoms with Crippen molar-refractivity contribution in [2.75, 3.05) is 25.5 Å². The van der Waals surface area contributed by atoms with E-state index in [4.69, 9.17) is 4.74 Å². The first kappa shape index (κ1) is 27.3. The van der Waals surface area contributed by atoms with E-state index in [0.29, 0.717) is 18.5 Å². The second-order valence-corrected chi connectivity index (χ2v) is 8.56. The number of nitrogens with one attached hydrogen (secondary N) is 3. The minimum Gasteiger partial charge on any atom is -0.469 e. The maximum atomic E-state index is 13.3. The van der Waals surface area contributed by atoms with Crippen LogP contribution in [0.3, 0.4) is 0 Å². The fraction of sp³-hybridized carbons (Fsp3) is 0.286. The molecule has 0 saturated carbocycles. The van der Waals surface area contributed by atoms with E-state index in [-0.39, 0.29) is 31.1 Å². The van der Waals surface area contributed by atoms with Crippen LogP contribution in [0.15, 0.2) is 66.9 Å². The molecule has 1 heterocycles. The molecule has 0 saturated heterocycles. The highest BCUT2D eigenvalue weighted by molar-refractivity contribution is 5.85. The quantitative estimate of drug-likeness (QED) is 0.254. The van der Waals surface area contributed by atoms with Gasteiger partial charge in [-0.25, -0.2) is 9.37 Å². The number of carbonyl (C=O) groups excluding carboxylic acids is 3. The number of methoxy groups -OCH3 is 1. The summed E-state index contributed by atoms with van der Waals surface area (Å²) in [6.07, 6.45) is 2.46. The molecule has 0 aliphatic rings. The molecule has 194 valence electrons. The van der Waals surface area contributed by atoms with Crippen LogP contribution in [0.1, 0.15) is 36.4 Å². The first-order valence-corrected chi connectivity index (χ1v) is 12.0. The first-order chi connectivity index (χ1) is 17.8. The number of benzene rings is 2. The van der Waals surface area contributed by atoms with Crippen molar-refractivity contribution < 1.29 is 23.5 Å². The zero-order chi connectivity index (χ0) is 26.6. The molecule has 1 unspecified atom stereocenters. The van der Waals surface area contributed by atoms with Gasteiger partial charge in [-0.3, -0.25) is 14.4 Å². The molecule has 0 bridgehead atoms. The first-order valence-electron chi connectivity index (χ1n) is 12.0. The summed E-state index contributed by atoms with van der Waals surface area (Å²) in [7, 11) is 1.28. The molecule has 8 nitrogen and oxygen atoms in total. The van der Waals surface area contributed by atoms with Gasteiger partial charge in [-0.15, -0.1) is 0 Å². The van der Waals surface area contributed by atoms with Crippen molar-refractivity contribution in [2.24, 2.45) is 0 Å². The Morgan fingerprint density at radius 3 is 2.51 bits per heavy atom. The maximum absolute atomic E-state index is 13.3. The van der Waals surface area contributed by atoms with Gasteiger partial charge in [0.05, 0.1) is 26.1 Å². The molecule has 1 atom stereocenters. The van der Waals surface area contributed by atoms with Crippen LogP contribution in [0.4, 0.5) is 10.2 Å². The number of amides is 2. The number of aromatic nitrogens is 1. The molecule has 0 radical (unpaired) electrons. The molecule has 9 heteroatoms. The Labute approximate surface area is 215 Å². The lowest BCUT2D eigenvalue weighted by molar-refractivity contribution is -0.141. The number of pyridine rings is 1. The van der Waals surface area contributed by atoms with Crippen LogP contribution in [-0.2, 0) is 19.1 Å². The van der Waals surface area contributed by atoms with Crippen LogP contribution < -0.4 is 16.0 Å². The molecule has 0 aliphatic heterocycles. The predicted molar refractivity (Wildman–Crippen MR) is 139 cm³/mol. The van der Waals surface area contributed by atoms with Crippen LogP contribution >= 0.6 is 0 Å². The fourth-order valence-corrected chi connectivity index (χ4v) is 3.69.